The normalized spacial score (nSPS) is 16.7. The van der Waals surface area contributed by atoms with Crippen molar-refractivity contribution < 1.29 is 9.59 Å². The predicted molar refractivity (Wildman–Crippen MR) is 79.6 cm³/mol. The zero-order chi connectivity index (χ0) is 14.5. The van der Waals surface area contributed by atoms with Crippen molar-refractivity contribution in [2.75, 3.05) is 5.32 Å². The minimum Gasteiger partial charge on any atom is -0.344 e. The van der Waals surface area contributed by atoms with E-state index in [2.05, 4.69) is 10.6 Å². The lowest BCUT2D eigenvalue weighted by Gasteiger charge is -2.23. The molecule has 0 radical (unpaired) electrons. The molecule has 1 aromatic carbocycles. The number of carbonyl (C=O) groups excluding carboxylic acids is 2. The topological polar surface area (TPSA) is 58.2 Å². The van der Waals surface area contributed by atoms with Crippen molar-refractivity contribution in [3.05, 3.63) is 29.3 Å². The standard InChI is InChI=1S/C15H19ClN2O2/c1-10(19)17-14(11-6-2-3-7-11)15(20)18-13-9-5-4-8-12(13)16/h4-5,8-9,11,14H,2-3,6-7H2,1H3,(H,17,19)(H,18,20). The van der Waals surface area contributed by atoms with E-state index in [0.29, 0.717) is 10.7 Å². The number of anilines is 1. The first-order valence-corrected chi connectivity index (χ1v) is 7.28. The first-order valence-electron chi connectivity index (χ1n) is 6.90. The third-order valence-corrected chi connectivity index (χ3v) is 3.97. The second-order valence-electron chi connectivity index (χ2n) is 5.19. The van der Waals surface area contributed by atoms with Gasteiger partial charge in [-0.25, -0.2) is 0 Å². The van der Waals surface area contributed by atoms with Gasteiger partial charge in [0.15, 0.2) is 0 Å². The molecule has 0 heterocycles. The quantitative estimate of drug-likeness (QED) is 0.897. The molecule has 0 aromatic heterocycles. The molecule has 20 heavy (non-hydrogen) atoms. The number of para-hydroxylation sites is 1. The van der Waals surface area contributed by atoms with Gasteiger partial charge >= 0.3 is 0 Å². The van der Waals surface area contributed by atoms with Crippen molar-refractivity contribution >= 4 is 29.1 Å². The number of benzene rings is 1. The van der Waals surface area contributed by atoms with Gasteiger partial charge in [-0.3, -0.25) is 9.59 Å². The number of carbonyl (C=O) groups is 2. The molecular formula is C15H19ClN2O2. The van der Waals surface area contributed by atoms with Crippen molar-refractivity contribution in [2.45, 2.75) is 38.6 Å². The molecule has 5 heteroatoms. The van der Waals surface area contributed by atoms with Crippen molar-refractivity contribution in [3.63, 3.8) is 0 Å². The second-order valence-corrected chi connectivity index (χ2v) is 5.60. The van der Waals surface area contributed by atoms with Crippen LogP contribution in [0.25, 0.3) is 0 Å². The smallest absolute Gasteiger partial charge is 0.247 e. The van der Waals surface area contributed by atoms with Crippen LogP contribution in [-0.4, -0.2) is 17.9 Å². The summed E-state index contributed by atoms with van der Waals surface area (Å²) in [7, 11) is 0. The Morgan fingerprint density at radius 2 is 1.90 bits per heavy atom. The molecule has 1 unspecified atom stereocenters. The van der Waals surface area contributed by atoms with E-state index < -0.39 is 6.04 Å². The molecular weight excluding hydrogens is 276 g/mol. The van der Waals surface area contributed by atoms with Gasteiger partial charge in [0.2, 0.25) is 11.8 Å². The fourth-order valence-corrected chi connectivity index (χ4v) is 2.86. The molecule has 0 bridgehead atoms. The summed E-state index contributed by atoms with van der Waals surface area (Å²) in [4.78, 5) is 23.7. The summed E-state index contributed by atoms with van der Waals surface area (Å²) in [5.41, 5.74) is 0.576. The first-order chi connectivity index (χ1) is 9.58. The Hall–Kier alpha value is -1.55. The maximum Gasteiger partial charge on any atom is 0.247 e. The van der Waals surface area contributed by atoms with Gasteiger partial charge in [0.1, 0.15) is 6.04 Å². The molecule has 2 rings (SSSR count). The number of rotatable bonds is 4. The maximum absolute atomic E-state index is 12.4. The molecule has 2 amide bonds. The van der Waals surface area contributed by atoms with Crippen LogP contribution < -0.4 is 10.6 Å². The number of hydrogen-bond donors (Lipinski definition) is 2. The molecule has 0 spiro atoms. The Morgan fingerprint density at radius 1 is 1.25 bits per heavy atom. The Kier molecular flexibility index (Phi) is 5.01. The Labute approximate surface area is 123 Å². The summed E-state index contributed by atoms with van der Waals surface area (Å²) in [5, 5.41) is 6.07. The molecule has 4 nitrogen and oxygen atoms in total. The minimum atomic E-state index is -0.480. The summed E-state index contributed by atoms with van der Waals surface area (Å²) < 4.78 is 0. The number of amides is 2. The van der Waals surface area contributed by atoms with E-state index in [0.717, 1.165) is 25.7 Å². The van der Waals surface area contributed by atoms with E-state index in [1.807, 2.05) is 6.07 Å². The van der Waals surface area contributed by atoms with Gasteiger partial charge in [-0.15, -0.1) is 0 Å². The second kappa shape index (κ2) is 6.75. The maximum atomic E-state index is 12.4. The molecule has 1 atom stereocenters. The molecule has 0 aliphatic heterocycles. The van der Waals surface area contributed by atoms with Crippen molar-refractivity contribution in [3.8, 4) is 0 Å². The fraction of sp³-hybridized carbons (Fsp3) is 0.467. The molecule has 108 valence electrons. The van der Waals surface area contributed by atoms with Crippen LogP contribution in [0.1, 0.15) is 32.6 Å². The van der Waals surface area contributed by atoms with Crippen LogP contribution >= 0.6 is 11.6 Å². The Morgan fingerprint density at radius 3 is 2.50 bits per heavy atom. The molecule has 0 saturated heterocycles. The van der Waals surface area contributed by atoms with Crippen LogP contribution in [0.15, 0.2) is 24.3 Å². The summed E-state index contributed by atoms with van der Waals surface area (Å²) in [6, 6.07) is 6.61. The predicted octanol–water partition coefficient (Wildman–Crippen LogP) is 2.97. The zero-order valence-electron chi connectivity index (χ0n) is 11.5. The van der Waals surface area contributed by atoms with Crippen LogP contribution in [0.5, 0.6) is 0 Å². The van der Waals surface area contributed by atoms with Gasteiger partial charge in [0.05, 0.1) is 10.7 Å². The third-order valence-electron chi connectivity index (χ3n) is 3.64. The summed E-state index contributed by atoms with van der Waals surface area (Å²) in [6.45, 7) is 1.44. The van der Waals surface area contributed by atoms with Crippen LogP contribution in [0.3, 0.4) is 0 Å². The molecule has 1 fully saturated rings. The average Bonchev–Trinajstić information content (AvgIpc) is 2.92. The number of nitrogens with one attached hydrogen (secondary N) is 2. The number of halogens is 1. The van der Waals surface area contributed by atoms with Gasteiger partial charge in [-0.2, -0.15) is 0 Å². The largest absolute Gasteiger partial charge is 0.344 e. The monoisotopic (exact) mass is 294 g/mol. The zero-order valence-corrected chi connectivity index (χ0v) is 12.2. The molecule has 2 N–H and O–H groups in total. The third kappa shape index (κ3) is 3.73. The summed E-state index contributed by atoms with van der Waals surface area (Å²) in [5.74, 6) is -0.169. The first kappa shape index (κ1) is 14.9. The Balaban J connectivity index is 2.09. The summed E-state index contributed by atoms with van der Waals surface area (Å²) in [6.07, 6.45) is 4.17. The highest BCUT2D eigenvalue weighted by Gasteiger charge is 2.31. The lowest BCUT2D eigenvalue weighted by atomic mass is 9.97. The van der Waals surface area contributed by atoms with Crippen molar-refractivity contribution in [1.82, 2.24) is 5.32 Å². The number of hydrogen-bond acceptors (Lipinski definition) is 2. The lowest BCUT2D eigenvalue weighted by Crippen LogP contribution is -2.47. The molecule has 1 saturated carbocycles. The minimum absolute atomic E-state index is 0.184. The lowest BCUT2D eigenvalue weighted by molar-refractivity contribution is -0.126. The Bertz CT molecular complexity index is 498. The van der Waals surface area contributed by atoms with Crippen LogP contribution in [-0.2, 0) is 9.59 Å². The highest BCUT2D eigenvalue weighted by molar-refractivity contribution is 6.33. The highest BCUT2D eigenvalue weighted by atomic mass is 35.5. The van der Waals surface area contributed by atoms with E-state index in [-0.39, 0.29) is 17.7 Å². The van der Waals surface area contributed by atoms with E-state index in [4.69, 9.17) is 11.6 Å². The van der Waals surface area contributed by atoms with Crippen LogP contribution in [0.2, 0.25) is 5.02 Å². The fourth-order valence-electron chi connectivity index (χ4n) is 2.68. The van der Waals surface area contributed by atoms with E-state index in [1.54, 1.807) is 18.2 Å². The van der Waals surface area contributed by atoms with Gasteiger partial charge in [-0.05, 0) is 30.9 Å². The van der Waals surface area contributed by atoms with Gasteiger partial charge in [0, 0.05) is 6.92 Å². The molecule has 1 aromatic rings. The molecule has 1 aliphatic carbocycles. The van der Waals surface area contributed by atoms with Crippen molar-refractivity contribution in [1.29, 1.82) is 0 Å². The molecule has 1 aliphatic rings. The van der Waals surface area contributed by atoms with E-state index >= 15 is 0 Å². The van der Waals surface area contributed by atoms with Gasteiger partial charge < -0.3 is 10.6 Å². The highest BCUT2D eigenvalue weighted by Crippen LogP contribution is 2.29. The van der Waals surface area contributed by atoms with Gasteiger partial charge in [0.25, 0.3) is 0 Å². The van der Waals surface area contributed by atoms with Crippen molar-refractivity contribution in [2.24, 2.45) is 5.92 Å². The summed E-state index contributed by atoms with van der Waals surface area (Å²) >= 11 is 6.04. The average molecular weight is 295 g/mol. The van der Waals surface area contributed by atoms with E-state index in [9.17, 15) is 9.59 Å². The SMILES string of the molecule is CC(=O)NC(C(=O)Nc1ccccc1Cl)C1CCCC1. The van der Waals surface area contributed by atoms with Crippen LogP contribution in [0, 0.1) is 5.92 Å². The van der Waals surface area contributed by atoms with E-state index in [1.165, 1.54) is 6.92 Å². The van der Waals surface area contributed by atoms with Gasteiger partial charge in [-0.1, -0.05) is 36.6 Å². The van der Waals surface area contributed by atoms with Crippen LogP contribution in [0.4, 0.5) is 5.69 Å².